The second kappa shape index (κ2) is 5.74. The number of halogens is 1. The maximum absolute atomic E-state index is 11.8. The van der Waals surface area contributed by atoms with Crippen LogP contribution in [0.3, 0.4) is 0 Å². The fourth-order valence-corrected chi connectivity index (χ4v) is 1.88. The van der Waals surface area contributed by atoms with Crippen LogP contribution in [0, 0.1) is 6.92 Å². The molecule has 0 heterocycles. The van der Waals surface area contributed by atoms with Gasteiger partial charge >= 0.3 is 6.09 Å². The first-order valence-electron chi connectivity index (χ1n) is 5.89. The first-order chi connectivity index (χ1) is 8.20. The molecule has 1 aromatic rings. The van der Waals surface area contributed by atoms with Crippen LogP contribution in [0.5, 0.6) is 0 Å². The van der Waals surface area contributed by atoms with Gasteiger partial charge in [-0.2, -0.15) is 0 Å². The van der Waals surface area contributed by atoms with Crippen molar-refractivity contribution in [2.24, 2.45) is 0 Å². The van der Waals surface area contributed by atoms with Gasteiger partial charge < -0.3 is 9.64 Å². The molecule has 0 fully saturated rings. The molecule has 100 valence electrons. The summed E-state index contributed by atoms with van der Waals surface area (Å²) in [6, 6.07) is 6.01. The fraction of sp³-hybridized carbons (Fsp3) is 0.500. The Hall–Kier alpha value is -1.03. The number of hydrogen-bond acceptors (Lipinski definition) is 2. The summed E-state index contributed by atoms with van der Waals surface area (Å²) in [5.41, 5.74) is 1.77. The molecule has 4 heteroatoms. The van der Waals surface area contributed by atoms with Gasteiger partial charge in [0.05, 0.1) is 0 Å². The Kier molecular flexibility index (Phi) is 4.79. The summed E-state index contributed by atoms with van der Waals surface area (Å²) in [6.07, 6.45) is -0.309. The molecule has 0 aromatic heterocycles. The van der Waals surface area contributed by atoms with E-state index in [4.69, 9.17) is 4.74 Å². The summed E-state index contributed by atoms with van der Waals surface area (Å²) < 4.78 is 6.36. The highest BCUT2D eigenvalue weighted by Crippen LogP contribution is 2.22. The second-order valence-electron chi connectivity index (χ2n) is 5.38. The SMILES string of the molecule is Cc1cccc(CN(C)C(=O)OC(C)(C)C)c1Br. The van der Waals surface area contributed by atoms with Gasteiger partial charge in [-0.1, -0.05) is 34.1 Å². The minimum absolute atomic E-state index is 0.309. The molecule has 1 rings (SSSR count). The topological polar surface area (TPSA) is 29.5 Å². The summed E-state index contributed by atoms with van der Waals surface area (Å²) >= 11 is 3.54. The minimum Gasteiger partial charge on any atom is -0.444 e. The van der Waals surface area contributed by atoms with Crippen LogP contribution >= 0.6 is 15.9 Å². The summed E-state index contributed by atoms with van der Waals surface area (Å²) in [5.74, 6) is 0. The third-order valence-corrected chi connectivity index (χ3v) is 3.52. The Bertz CT molecular complexity index is 438. The van der Waals surface area contributed by atoms with Crippen molar-refractivity contribution < 1.29 is 9.53 Å². The average Bonchev–Trinajstić information content (AvgIpc) is 2.22. The minimum atomic E-state index is -0.463. The highest BCUT2D eigenvalue weighted by atomic mass is 79.9. The third kappa shape index (κ3) is 4.33. The number of rotatable bonds is 2. The molecule has 0 aliphatic carbocycles. The van der Waals surface area contributed by atoms with Crippen LogP contribution in [0.15, 0.2) is 22.7 Å². The van der Waals surface area contributed by atoms with Crippen molar-refractivity contribution in [3.8, 4) is 0 Å². The molecule has 0 radical (unpaired) electrons. The molecule has 1 aromatic carbocycles. The smallest absolute Gasteiger partial charge is 0.410 e. The van der Waals surface area contributed by atoms with Gasteiger partial charge in [-0.3, -0.25) is 0 Å². The maximum atomic E-state index is 11.8. The zero-order valence-electron chi connectivity index (χ0n) is 11.6. The zero-order valence-corrected chi connectivity index (χ0v) is 13.2. The summed E-state index contributed by atoms with van der Waals surface area (Å²) in [5, 5.41) is 0. The van der Waals surface area contributed by atoms with Gasteiger partial charge in [0.25, 0.3) is 0 Å². The first-order valence-corrected chi connectivity index (χ1v) is 6.68. The summed E-state index contributed by atoms with van der Waals surface area (Å²) in [7, 11) is 1.74. The van der Waals surface area contributed by atoms with E-state index < -0.39 is 5.60 Å². The predicted molar refractivity (Wildman–Crippen MR) is 76.6 cm³/mol. The molecule has 0 atom stereocenters. The van der Waals surface area contributed by atoms with E-state index in [1.807, 2.05) is 45.9 Å². The van der Waals surface area contributed by atoms with E-state index in [2.05, 4.69) is 15.9 Å². The van der Waals surface area contributed by atoms with Crippen LogP contribution in [0.25, 0.3) is 0 Å². The van der Waals surface area contributed by atoms with Gasteiger partial charge in [0, 0.05) is 18.1 Å². The maximum Gasteiger partial charge on any atom is 0.410 e. The van der Waals surface area contributed by atoms with Crippen molar-refractivity contribution >= 4 is 22.0 Å². The van der Waals surface area contributed by atoms with Gasteiger partial charge in [0.15, 0.2) is 0 Å². The van der Waals surface area contributed by atoms with Crippen LogP contribution in [0.4, 0.5) is 4.79 Å². The molecule has 0 spiro atoms. The van der Waals surface area contributed by atoms with Gasteiger partial charge in [-0.05, 0) is 38.8 Å². The molecule has 0 aliphatic heterocycles. The normalized spacial score (nSPS) is 11.2. The van der Waals surface area contributed by atoms with Crippen LogP contribution in [-0.4, -0.2) is 23.6 Å². The van der Waals surface area contributed by atoms with Crippen LogP contribution in [0.2, 0.25) is 0 Å². The molecule has 18 heavy (non-hydrogen) atoms. The average molecular weight is 314 g/mol. The van der Waals surface area contributed by atoms with Crippen molar-refractivity contribution in [1.82, 2.24) is 4.90 Å². The lowest BCUT2D eigenvalue weighted by Gasteiger charge is -2.25. The Morgan fingerprint density at radius 2 is 2.00 bits per heavy atom. The molecule has 0 unspecified atom stereocenters. The highest BCUT2D eigenvalue weighted by molar-refractivity contribution is 9.10. The first kappa shape index (κ1) is 15.0. The largest absolute Gasteiger partial charge is 0.444 e. The van der Waals surface area contributed by atoms with Crippen molar-refractivity contribution in [3.63, 3.8) is 0 Å². The molecule has 0 saturated heterocycles. The molecule has 0 aliphatic rings. The lowest BCUT2D eigenvalue weighted by molar-refractivity contribution is 0.0285. The molecule has 1 amide bonds. The van der Waals surface area contributed by atoms with Gasteiger partial charge in [-0.25, -0.2) is 4.79 Å². The van der Waals surface area contributed by atoms with Gasteiger partial charge in [-0.15, -0.1) is 0 Å². The van der Waals surface area contributed by atoms with E-state index in [0.29, 0.717) is 6.54 Å². The number of hydrogen-bond donors (Lipinski definition) is 0. The number of aryl methyl sites for hydroxylation is 1. The quantitative estimate of drug-likeness (QED) is 0.821. The molecule has 0 bridgehead atoms. The Morgan fingerprint density at radius 3 is 2.56 bits per heavy atom. The number of ether oxygens (including phenoxy) is 1. The zero-order chi connectivity index (χ0) is 13.9. The van der Waals surface area contributed by atoms with E-state index in [-0.39, 0.29) is 6.09 Å². The fourth-order valence-electron chi connectivity index (χ4n) is 1.49. The van der Waals surface area contributed by atoms with Crippen molar-refractivity contribution in [3.05, 3.63) is 33.8 Å². The van der Waals surface area contributed by atoms with E-state index >= 15 is 0 Å². The number of carbonyl (C=O) groups excluding carboxylic acids is 1. The molecule has 0 saturated carbocycles. The van der Waals surface area contributed by atoms with Crippen LogP contribution in [-0.2, 0) is 11.3 Å². The Labute approximate surface area is 117 Å². The standard InChI is InChI=1S/C14H20BrNO2/c1-10-7-6-8-11(12(10)15)9-16(5)13(17)18-14(2,3)4/h6-8H,9H2,1-5H3. The second-order valence-corrected chi connectivity index (χ2v) is 6.18. The monoisotopic (exact) mass is 313 g/mol. The Morgan fingerprint density at radius 1 is 1.39 bits per heavy atom. The Balaban J connectivity index is 2.73. The lowest BCUT2D eigenvalue weighted by Crippen LogP contribution is -2.33. The van der Waals surface area contributed by atoms with Gasteiger partial charge in [0.1, 0.15) is 5.60 Å². The number of carbonyl (C=O) groups is 1. The van der Waals surface area contributed by atoms with E-state index in [1.54, 1.807) is 11.9 Å². The number of amides is 1. The molecule has 3 nitrogen and oxygen atoms in total. The number of benzene rings is 1. The molecule has 0 N–H and O–H groups in total. The highest BCUT2D eigenvalue weighted by Gasteiger charge is 2.20. The predicted octanol–water partition coefficient (Wildman–Crippen LogP) is 4.12. The van der Waals surface area contributed by atoms with E-state index in [1.165, 1.54) is 0 Å². The van der Waals surface area contributed by atoms with Crippen molar-refractivity contribution in [2.45, 2.75) is 39.8 Å². The molecular weight excluding hydrogens is 294 g/mol. The molecular formula is C14H20BrNO2. The number of nitrogens with zero attached hydrogens (tertiary/aromatic N) is 1. The van der Waals surface area contributed by atoms with E-state index in [9.17, 15) is 4.79 Å². The van der Waals surface area contributed by atoms with Crippen LogP contribution < -0.4 is 0 Å². The summed E-state index contributed by atoms with van der Waals surface area (Å²) in [6.45, 7) is 8.14. The third-order valence-electron chi connectivity index (χ3n) is 2.38. The summed E-state index contributed by atoms with van der Waals surface area (Å²) in [4.78, 5) is 13.4. The van der Waals surface area contributed by atoms with Crippen molar-refractivity contribution in [1.29, 1.82) is 0 Å². The van der Waals surface area contributed by atoms with Gasteiger partial charge in [0.2, 0.25) is 0 Å². The van der Waals surface area contributed by atoms with E-state index in [0.717, 1.165) is 15.6 Å². The van der Waals surface area contributed by atoms with Crippen LogP contribution in [0.1, 0.15) is 31.9 Å². The lowest BCUT2D eigenvalue weighted by atomic mass is 10.1. The van der Waals surface area contributed by atoms with Crippen molar-refractivity contribution in [2.75, 3.05) is 7.05 Å².